The average molecular weight is 770 g/mol. The van der Waals surface area contributed by atoms with E-state index in [2.05, 4.69) is 119 Å². The Bertz CT molecular complexity index is 2190. The van der Waals surface area contributed by atoms with E-state index in [-0.39, 0.29) is 20.1 Å². The summed E-state index contributed by atoms with van der Waals surface area (Å²) >= 11 is 0. The summed E-state index contributed by atoms with van der Waals surface area (Å²) in [6, 6.07) is 58.6. The van der Waals surface area contributed by atoms with Crippen LogP contribution in [0.2, 0.25) is 0 Å². The van der Waals surface area contributed by atoms with Crippen molar-refractivity contribution < 1.29 is 20.1 Å². The zero-order chi connectivity index (χ0) is 30.4. The van der Waals surface area contributed by atoms with E-state index in [0.29, 0.717) is 0 Å². The van der Waals surface area contributed by atoms with Crippen LogP contribution in [0, 0.1) is 12.1 Å². The molecular formula is C42H31IrN3-2. The maximum atomic E-state index is 4.53. The third-order valence-corrected chi connectivity index (χ3v) is 7.92. The smallest absolute Gasteiger partial charge is 0.0541 e. The second-order valence-electron chi connectivity index (χ2n) is 10.8. The van der Waals surface area contributed by atoms with Crippen molar-refractivity contribution in [1.29, 1.82) is 0 Å². The topological polar surface area (TPSA) is 30.7 Å². The fourth-order valence-corrected chi connectivity index (χ4v) is 5.70. The molecule has 8 rings (SSSR count). The molecule has 0 saturated heterocycles. The summed E-state index contributed by atoms with van der Waals surface area (Å²) in [6.07, 6.45) is 2.79. The molecule has 0 aliphatic rings. The molecule has 0 saturated carbocycles. The first kappa shape index (κ1) is 30.9. The fourth-order valence-electron chi connectivity index (χ4n) is 5.70. The normalized spacial score (nSPS) is 10.6. The van der Waals surface area contributed by atoms with Crippen molar-refractivity contribution in [2.75, 3.05) is 0 Å². The van der Waals surface area contributed by atoms with Gasteiger partial charge in [0.2, 0.25) is 0 Å². The van der Waals surface area contributed by atoms with Gasteiger partial charge in [0.05, 0.1) is 11.0 Å². The van der Waals surface area contributed by atoms with E-state index in [1.165, 1.54) is 33.1 Å². The number of pyridine rings is 2. The van der Waals surface area contributed by atoms with Gasteiger partial charge in [0.15, 0.2) is 0 Å². The molecule has 0 N–H and O–H groups in total. The molecular weight excluding hydrogens is 739 g/mol. The summed E-state index contributed by atoms with van der Waals surface area (Å²) in [5, 5.41) is 2.51. The first-order valence-corrected chi connectivity index (χ1v) is 15.2. The van der Waals surface area contributed by atoms with Crippen LogP contribution in [0.1, 0.15) is 12.6 Å². The van der Waals surface area contributed by atoms with Crippen LogP contribution in [0.5, 0.6) is 0 Å². The molecule has 3 nitrogen and oxygen atoms in total. The van der Waals surface area contributed by atoms with Crippen LogP contribution in [0.3, 0.4) is 0 Å². The van der Waals surface area contributed by atoms with Crippen molar-refractivity contribution in [3.63, 3.8) is 0 Å². The van der Waals surface area contributed by atoms with Crippen LogP contribution in [0.25, 0.3) is 61.1 Å². The number of nitrogens with zero attached hydrogens (tertiary/aromatic N) is 3. The van der Waals surface area contributed by atoms with Gasteiger partial charge in [-0.15, -0.1) is 71.3 Å². The summed E-state index contributed by atoms with van der Waals surface area (Å²) in [7, 11) is 0. The number of benzene rings is 5. The Morgan fingerprint density at radius 3 is 2.11 bits per heavy atom. The van der Waals surface area contributed by atoms with Crippen molar-refractivity contribution in [1.82, 2.24) is 14.5 Å². The first-order valence-electron chi connectivity index (χ1n) is 15.2. The van der Waals surface area contributed by atoms with Gasteiger partial charge in [0, 0.05) is 48.5 Å². The average Bonchev–Trinajstić information content (AvgIpc) is 3.47. The van der Waals surface area contributed by atoms with Gasteiger partial charge in [-0.3, -0.25) is 0 Å². The van der Waals surface area contributed by atoms with Gasteiger partial charge in [0.25, 0.3) is 0 Å². The van der Waals surface area contributed by atoms with Crippen molar-refractivity contribution in [3.05, 3.63) is 176 Å². The number of hydrogen-bond acceptors (Lipinski definition) is 2. The molecule has 0 bridgehead atoms. The minimum Gasteiger partial charge on any atom is -0.309 e. The first-order chi connectivity index (χ1) is 22.3. The maximum absolute atomic E-state index is 4.53. The fraction of sp³-hybridized carbons (Fsp3) is 0.0476. The number of fused-ring (bicyclic) bond motifs is 3. The van der Waals surface area contributed by atoms with Gasteiger partial charge in [-0.05, 0) is 65.8 Å². The van der Waals surface area contributed by atoms with E-state index in [1.807, 2.05) is 72.9 Å². The Morgan fingerprint density at radius 1 is 0.565 bits per heavy atom. The molecule has 5 aromatic carbocycles. The van der Waals surface area contributed by atoms with E-state index < -0.39 is 0 Å². The molecule has 46 heavy (non-hydrogen) atoms. The molecule has 3 aromatic heterocycles. The molecule has 0 aliphatic carbocycles. The maximum Gasteiger partial charge on any atom is 0.0541 e. The summed E-state index contributed by atoms with van der Waals surface area (Å²) in [5.41, 5.74) is 11.1. The summed E-state index contributed by atoms with van der Waals surface area (Å²) in [5.74, 6) is 0. The summed E-state index contributed by atoms with van der Waals surface area (Å²) < 4.78 is 2.34. The molecule has 1 radical (unpaired) electrons. The Hall–Kier alpha value is -5.15. The van der Waals surface area contributed by atoms with E-state index >= 15 is 0 Å². The quantitative estimate of drug-likeness (QED) is 0.163. The van der Waals surface area contributed by atoms with Gasteiger partial charge in [-0.2, -0.15) is 0 Å². The van der Waals surface area contributed by atoms with Crippen molar-refractivity contribution in [3.8, 4) is 39.3 Å². The summed E-state index contributed by atoms with van der Waals surface area (Å²) in [4.78, 5) is 9.01. The Balaban J connectivity index is 0.000000209. The van der Waals surface area contributed by atoms with Crippen molar-refractivity contribution in [2.24, 2.45) is 0 Å². The van der Waals surface area contributed by atoms with Crippen molar-refractivity contribution >= 4 is 21.8 Å². The molecule has 0 aliphatic heterocycles. The van der Waals surface area contributed by atoms with Crippen LogP contribution in [-0.4, -0.2) is 14.5 Å². The minimum atomic E-state index is 0. The summed E-state index contributed by atoms with van der Waals surface area (Å²) in [6.45, 7) is 2.11. The molecule has 0 unspecified atom stereocenters. The molecule has 0 spiro atoms. The SMILES string of the molecule is CCc1cccc(-c2[c-]cccc2)n1.[Ir].[c-]1ccc(-c2ccc3c(c2)c2ccccc2n3-c2ccccc2)cc1-c1ccccn1. The molecule has 0 atom stereocenters. The van der Waals surface area contributed by atoms with E-state index in [9.17, 15) is 0 Å². The Kier molecular flexibility index (Phi) is 9.59. The number of aryl methyl sites for hydroxylation is 1. The largest absolute Gasteiger partial charge is 0.309 e. The van der Waals surface area contributed by atoms with Gasteiger partial charge < -0.3 is 14.5 Å². The number of rotatable bonds is 5. The number of para-hydroxylation sites is 2. The number of aromatic nitrogens is 3. The van der Waals surface area contributed by atoms with Gasteiger partial charge in [-0.25, -0.2) is 0 Å². The zero-order valence-corrected chi connectivity index (χ0v) is 27.8. The molecule has 3 heterocycles. The van der Waals surface area contributed by atoms with E-state index in [1.54, 1.807) is 0 Å². The molecule has 8 aromatic rings. The van der Waals surface area contributed by atoms with Gasteiger partial charge >= 0.3 is 0 Å². The van der Waals surface area contributed by atoms with E-state index in [0.717, 1.165) is 40.2 Å². The minimum absolute atomic E-state index is 0. The van der Waals surface area contributed by atoms with Crippen LogP contribution >= 0.6 is 0 Å². The van der Waals surface area contributed by atoms with Crippen LogP contribution in [-0.2, 0) is 26.5 Å². The van der Waals surface area contributed by atoms with E-state index in [4.69, 9.17) is 0 Å². The monoisotopic (exact) mass is 770 g/mol. The molecule has 0 fully saturated rings. The number of hydrogen-bond donors (Lipinski definition) is 0. The second kappa shape index (κ2) is 14.3. The van der Waals surface area contributed by atoms with Crippen LogP contribution in [0.15, 0.2) is 158 Å². The van der Waals surface area contributed by atoms with Crippen molar-refractivity contribution in [2.45, 2.75) is 13.3 Å². The third-order valence-electron chi connectivity index (χ3n) is 7.92. The third kappa shape index (κ3) is 6.46. The molecule has 0 amide bonds. The predicted molar refractivity (Wildman–Crippen MR) is 186 cm³/mol. The Labute approximate surface area is 283 Å². The predicted octanol–water partition coefficient (Wildman–Crippen LogP) is 10.4. The van der Waals surface area contributed by atoms with Crippen LogP contribution in [0.4, 0.5) is 0 Å². The Morgan fingerprint density at radius 2 is 1.30 bits per heavy atom. The van der Waals surface area contributed by atoms with Crippen LogP contribution < -0.4 is 0 Å². The van der Waals surface area contributed by atoms with Gasteiger partial charge in [-0.1, -0.05) is 73.7 Å². The molecule has 225 valence electrons. The van der Waals surface area contributed by atoms with Gasteiger partial charge in [0.1, 0.15) is 0 Å². The zero-order valence-electron chi connectivity index (χ0n) is 25.4. The molecule has 4 heteroatoms. The standard InChI is InChI=1S/C29H19N2.C13H12N.Ir/c1-2-11-24(12-3-1)31-28-15-5-4-13-25(28)26-20-22(16-17-29(26)31)21-9-8-10-23(19-21)27-14-6-7-18-30-27;1-2-12-9-6-10-13(14-12)11-7-4-3-5-8-11;/h1-9,11-20H;3-7,9-10H,2H2,1H3;/q2*-1;. The second-order valence-corrected chi connectivity index (χ2v) is 10.8.